The van der Waals surface area contributed by atoms with Crippen LogP contribution in [0, 0.1) is 6.92 Å². The maximum absolute atomic E-state index is 12.4. The molecule has 4 heteroatoms. The number of hydrogen-bond acceptors (Lipinski definition) is 2. The number of hydrogen-bond donors (Lipinski definition) is 1. The number of carbonyl (C=O) groups is 1. The maximum atomic E-state index is 12.4. The van der Waals surface area contributed by atoms with E-state index in [4.69, 9.17) is 5.10 Å². The minimum Gasteiger partial charge on any atom is -0.356 e. The molecule has 0 saturated carbocycles. The molecule has 0 fully saturated rings. The van der Waals surface area contributed by atoms with Gasteiger partial charge in [0.1, 0.15) is 0 Å². The zero-order chi connectivity index (χ0) is 21.5. The normalized spacial score (nSPS) is 10.7. The molecule has 3 aromatic carbocycles. The molecule has 1 amide bonds. The highest BCUT2D eigenvalue weighted by atomic mass is 16.1. The van der Waals surface area contributed by atoms with E-state index in [0.717, 1.165) is 28.9 Å². The molecule has 4 rings (SSSR count). The van der Waals surface area contributed by atoms with Gasteiger partial charge in [0.15, 0.2) is 0 Å². The third-order valence-electron chi connectivity index (χ3n) is 5.34. The highest BCUT2D eigenvalue weighted by Crippen LogP contribution is 2.24. The van der Waals surface area contributed by atoms with Crippen molar-refractivity contribution in [3.63, 3.8) is 0 Å². The molecule has 0 atom stereocenters. The van der Waals surface area contributed by atoms with Crippen LogP contribution in [0.2, 0.25) is 0 Å². The van der Waals surface area contributed by atoms with Crippen molar-refractivity contribution in [2.24, 2.45) is 0 Å². The van der Waals surface area contributed by atoms with Crippen molar-refractivity contribution in [2.45, 2.75) is 26.2 Å². The number of para-hydroxylation sites is 1. The first kappa shape index (κ1) is 20.6. The predicted octanol–water partition coefficient (Wildman–Crippen LogP) is 5.14. The lowest BCUT2D eigenvalue weighted by atomic mass is 10.0. The number of nitrogens with one attached hydrogen (secondary N) is 1. The molecule has 0 spiro atoms. The van der Waals surface area contributed by atoms with E-state index in [0.29, 0.717) is 19.4 Å². The van der Waals surface area contributed by atoms with Gasteiger partial charge in [-0.25, -0.2) is 4.68 Å². The van der Waals surface area contributed by atoms with Crippen molar-refractivity contribution in [1.29, 1.82) is 0 Å². The fourth-order valence-corrected chi connectivity index (χ4v) is 3.58. The van der Waals surface area contributed by atoms with Gasteiger partial charge in [-0.2, -0.15) is 5.10 Å². The smallest absolute Gasteiger partial charge is 0.220 e. The summed E-state index contributed by atoms with van der Waals surface area (Å²) in [6.07, 6.45) is 3.96. The molecule has 156 valence electrons. The molecule has 0 saturated heterocycles. The molecule has 0 aliphatic carbocycles. The monoisotopic (exact) mass is 409 g/mol. The van der Waals surface area contributed by atoms with Crippen LogP contribution in [0.4, 0.5) is 0 Å². The van der Waals surface area contributed by atoms with Crippen LogP contribution in [0.1, 0.15) is 23.1 Å². The molecule has 31 heavy (non-hydrogen) atoms. The maximum Gasteiger partial charge on any atom is 0.220 e. The van der Waals surface area contributed by atoms with Crippen molar-refractivity contribution in [1.82, 2.24) is 15.1 Å². The molecular weight excluding hydrogens is 382 g/mol. The SMILES string of the molecule is Cc1ccc(CCNC(=O)CCc2cn(-c3ccccc3)nc2-c2ccccc2)cc1. The Kier molecular flexibility index (Phi) is 6.58. The largest absolute Gasteiger partial charge is 0.356 e. The number of aromatic nitrogens is 2. The molecule has 0 bridgehead atoms. The minimum atomic E-state index is 0.0681. The first-order chi connectivity index (χ1) is 15.2. The Morgan fingerprint density at radius 3 is 2.26 bits per heavy atom. The van der Waals surface area contributed by atoms with Crippen molar-refractivity contribution in [2.75, 3.05) is 6.54 Å². The number of benzene rings is 3. The van der Waals surface area contributed by atoms with Gasteiger partial charge in [0.25, 0.3) is 0 Å². The van der Waals surface area contributed by atoms with Crippen LogP contribution in [-0.2, 0) is 17.6 Å². The lowest BCUT2D eigenvalue weighted by molar-refractivity contribution is -0.121. The van der Waals surface area contributed by atoms with Gasteiger partial charge in [0.2, 0.25) is 5.91 Å². The molecular formula is C27H27N3O. The second-order valence-electron chi connectivity index (χ2n) is 7.73. The van der Waals surface area contributed by atoms with E-state index in [9.17, 15) is 4.79 Å². The molecule has 0 radical (unpaired) electrons. The van der Waals surface area contributed by atoms with Gasteiger partial charge >= 0.3 is 0 Å². The van der Waals surface area contributed by atoms with Gasteiger partial charge in [-0.1, -0.05) is 78.4 Å². The van der Waals surface area contributed by atoms with Crippen molar-refractivity contribution in [3.8, 4) is 16.9 Å². The number of carbonyl (C=O) groups excluding carboxylic acids is 1. The molecule has 1 heterocycles. The second kappa shape index (κ2) is 9.90. The van der Waals surface area contributed by atoms with Crippen molar-refractivity contribution < 1.29 is 4.79 Å². The Morgan fingerprint density at radius 2 is 1.55 bits per heavy atom. The van der Waals surface area contributed by atoms with E-state index in [1.54, 1.807) is 0 Å². The van der Waals surface area contributed by atoms with E-state index >= 15 is 0 Å². The molecule has 4 aromatic rings. The first-order valence-corrected chi connectivity index (χ1v) is 10.7. The molecule has 1 N–H and O–H groups in total. The number of aryl methyl sites for hydroxylation is 2. The zero-order valence-electron chi connectivity index (χ0n) is 17.8. The van der Waals surface area contributed by atoms with E-state index in [-0.39, 0.29) is 5.91 Å². The second-order valence-corrected chi connectivity index (χ2v) is 7.73. The van der Waals surface area contributed by atoms with E-state index in [1.165, 1.54) is 11.1 Å². The Morgan fingerprint density at radius 1 is 0.871 bits per heavy atom. The van der Waals surface area contributed by atoms with Gasteiger partial charge < -0.3 is 5.32 Å². The highest BCUT2D eigenvalue weighted by molar-refractivity contribution is 5.76. The van der Waals surface area contributed by atoms with Crippen molar-refractivity contribution in [3.05, 3.63) is 108 Å². The quantitative estimate of drug-likeness (QED) is 0.438. The van der Waals surface area contributed by atoms with Crippen molar-refractivity contribution >= 4 is 5.91 Å². The van der Waals surface area contributed by atoms with Gasteiger partial charge in [0, 0.05) is 24.7 Å². The Balaban J connectivity index is 1.41. The Hall–Kier alpha value is -3.66. The number of rotatable bonds is 8. The average molecular weight is 410 g/mol. The van der Waals surface area contributed by atoms with E-state index < -0.39 is 0 Å². The molecule has 1 aromatic heterocycles. The molecule has 4 nitrogen and oxygen atoms in total. The van der Waals surface area contributed by atoms with Gasteiger partial charge in [-0.05, 0) is 43.0 Å². The topological polar surface area (TPSA) is 46.9 Å². The Bertz CT molecular complexity index is 1120. The molecule has 0 aliphatic rings. The summed E-state index contributed by atoms with van der Waals surface area (Å²) in [7, 11) is 0. The summed E-state index contributed by atoms with van der Waals surface area (Å²) < 4.78 is 1.90. The third kappa shape index (κ3) is 5.48. The summed E-state index contributed by atoms with van der Waals surface area (Å²) in [5.41, 5.74) is 6.56. The summed E-state index contributed by atoms with van der Waals surface area (Å²) >= 11 is 0. The van der Waals surface area contributed by atoms with Gasteiger partial charge in [-0.3, -0.25) is 4.79 Å². The number of amides is 1. The fraction of sp³-hybridized carbons (Fsp3) is 0.185. The highest BCUT2D eigenvalue weighted by Gasteiger charge is 2.13. The standard InChI is InChI=1S/C27H27N3O/c1-21-12-14-22(15-13-21)18-19-28-26(31)17-16-24-20-30(25-10-6-3-7-11-25)29-27(24)23-8-4-2-5-9-23/h2-15,20H,16-19H2,1H3,(H,28,31). The van der Waals surface area contributed by atoms with Crippen LogP contribution in [0.15, 0.2) is 91.1 Å². The Labute approximate surface area is 183 Å². The van der Waals surface area contributed by atoms with E-state index in [1.807, 2.05) is 59.4 Å². The third-order valence-corrected chi connectivity index (χ3v) is 5.34. The van der Waals surface area contributed by atoms with Crippen LogP contribution in [0.3, 0.4) is 0 Å². The summed E-state index contributed by atoms with van der Waals surface area (Å²) in [6.45, 7) is 2.73. The van der Waals surface area contributed by atoms with Crippen LogP contribution < -0.4 is 5.32 Å². The zero-order valence-corrected chi connectivity index (χ0v) is 17.8. The average Bonchev–Trinajstić information content (AvgIpc) is 3.25. The van der Waals surface area contributed by atoms with Crippen LogP contribution in [0.5, 0.6) is 0 Å². The minimum absolute atomic E-state index is 0.0681. The number of nitrogens with zero attached hydrogens (tertiary/aromatic N) is 2. The molecule has 0 unspecified atom stereocenters. The van der Waals surface area contributed by atoms with Crippen LogP contribution >= 0.6 is 0 Å². The summed E-state index contributed by atoms with van der Waals surface area (Å²) in [5, 5.41) is 7.87. The van der Waals surface area contributed by atoms with Gasteiger partial charge in [-0.15, -0.1) is 0 Å². The van der Waals surface area contributed by atoms with E-state index in [2.05, 4.69) is 48.6 Å². The van der Waals surface area contributed by atoms with Gasteiger partial charge in [0.05, 0.1) is 11.4 Å². The van der Waals surface area contributed by atoms with Crippen LogP contribution in [0.25, 0.3) is 16.9 Å². The fourth-order valence-electron chi connectivity index (χ4n) is 3.58. The first-order valence-electron chi connectivity index (χ1n) is 10.7. The van der Waals surface area contributed by atoms with Crippen LogP contribution in [-0.4, -0.2) is 22.2 Å². The summed E-state index contributed by atoms with van der Waals surface area (Å²) in [4.78, 5) is 12.4. The molecule has 0 aliphatic heterocycles. The lowest BCUT2D eigenvalue weighted by Crippen LogP contribution is -2.25. The predicted molar refractivity (Wildman–Crippen MR) is 125 cm³/mol. The summed E-state index contributed by atoms with van der Waals surface area (Å²) in [6, 6.07) is 28.6. The lowest BCUT2D eigenvalue weighted by Gasteiger charge is -2.06. The summed E-state index contributed by atoms with van der Waals surface area (Å²) in [5.74, 6) is 0.0681.